The molecule has 0 radical (unpaired) electrons. The zero-order valence-corrected chi connectivity index (χ0v) is 11.7. The van der Waals surface area contributed by atoms with Crippen molar-refractivity contribution in [1.29, 1.82) is 0 Å². The molecule has 0 heterocycles. The maximum absolute atomic E-state index is 12.5. The van der Waals surface area contributed by atoms with E-state index in [0.717, 1.165) is 5.56 Å². The molecule has 0 unspecified atom stereocenters. The number of rotatable bonds is 5. The van der Waals surface area contributed by atoms with Gasteiger partial charge in [0.2, 0.25) is 0 Å². The summed E-state index contributed by atoms with van der Waals surface area (Å²) in [6.45, 7) is 1.89. The number of hydrogen-bond donors (Lipinski definition) is 0. The zero-order valence-electron chi connectivity index (χ0n) is 11.7. The highest BCUT2D eigenvalue weighted by Crippen LogP contribution is 2.19. The molecule has 0 fully saturated rings. The molecule has 106 valence electrons. The molecule has 0 aromatic heterocycles. The fraction of sp³-hybridized carbons (Fsp3) is 0.118. The summed E-state index contributed by atoms with van der Waals surface area (Å²) in [7, 11) is 0. The lowest BCUT2D eigenvalue weighted by Crippen LogP contribution is -2.03. The molecule has 0 aliphatic carbocycles. The van der Waals surface area contributed by atoms with Crippen LogP contribution >= 0.6 is 0 Å². The van der Waals surface area contributed by atoms with Crippen LogP contribution in [-0.4, -0.2) is 10.7 Å². The number of ketones is 1. The van der Waals surface area contributed by atoms with Crippen molar-refractivity contribution in [2.24, 2.45) is 0 Å². The molecule has 4 nitrogen and oxygen atoms in total. The third-order valence-corrected chi connectivity index (χ3v) is 3.13. The molecule has 0 spiro atoms. The average molecular weight is 281 g/mol. The third kappa shape index (κ3) is 3.63. The Balaban J connectivity index is 2.35. The van der Waals surface area contributed by atoms with Crippen LogP contribution in [0.15, 0.2) is 60.2 Å². The normalized spacial score (nSPS) is 11.2. The van der Waals surface area contributed by atoms with Gasteiger partial charge < -0.3 is 0 Å². The first-order valence-electron chi connectivity index (χ1n) is 6.66. The fourth-order valence-electron chi connectivity index (χ4n) is 2.02. The first kappa shape index (κ1) is 14.7. The first-order valence-corrected chi connectivity index (χ1v) is 6.66. The number of Topliss-reactive ketones (excluding diaryl/α,β-unsaturated/α-hetero) is 1. The van der Waals surface area contributed by atoms with Gasteiger partial charge in [-0.25, -0.2) is 0 Å². The smallest absolute Gasteiger partial charge is 0.270 e. The van der Waals surface area contributed by atoms with Crippen LogP contribution in [0, 0.1) is 10.1 Å². The highest BCUT2D eigenvalue weighted by molar-refractivity contribution is 6.11. The largest absolute Gasteiger partial charge is 0.289 e. The summed E-state index contributed by atoms with van der Waals surface area (Å²) in [5.41, 5.74) is 1.83. The van der Waals surface area contributed by atoms with E-state index in [2.05, 4.69) is 0 Å². The lowest BCUT2D eigenvalue weighted by molar-refractivity contribution is -0.384. The maximum atomic E-state index is 12.5. The third-order valence-electron chi connectivity index (χ3n) is 3.13. The molecule has 0 amide bonds. The zero-order chi connectivity index (χ0) is 15.2. The van der Waals surface area contributed by atoms with Crippen molar-refractivity contribution < 1.29 is 9.72 Å². The number of carbonyl (C=O) groups excluding carboxylic acids is 1. The molecule has 21 heavy (non-hydrogen) atoms. The number of allylic oxidation sites excluding steroid dienone is 1. The van der Waals surface area contributed by atoms with Crippen molar-refractivity contribution >= 4 is 17.5 Å². The highest BCUT2D eigenvalue weighted by atomic mass is 16.6. The Bertz CT molecular complexity index is 690. The molecule has 0 atom stereocenters. The van der Waals surface area contributed by atoms with Gasteiger partial charge in [-0.2, -0.15) is 0 Å². The second-order valence-corrected chi connectivity index (χ2v) is 4.57. The predicted octanol–water partition coefficient (Wildman–Crippen LogP) is 4.27. The van der Waals surface area contributed by atoms with Gasteiger partial charge in [-0.05, 0) is 18.1 Å². The number of non-ortho nitro benzene ring substituents is 1. The highest BCUT2D eigenvalue weighted by Gasteiger charge is 2.14. The maximum Gasteiger partial charge on any atom is 0.270 e. The molecule has 0 aliphatic heterocycles. The molecule has 2 aromatic carbocycles. The van der Waals surface area contributed by atoms with E-state index in [1.807, 2.05) is 43.3 Å². The Morgan fingerprint density at radius 3 is 2.48 bits per heavy atom. The Morgan fingerprint density at radius 2 is 1.86 bits per heavy atom. The van der Waals surface area contributed by atoms with Crippen molar-refractivity contribution in [3.05, 3.63) is 81.4 Å². The molecule has 2 aromatic rings. The number of nitro benzene ring substituents is 1. The molecular weight excluding hydrogens is 266 g/mol. The van der Waals surface area contributed by atoms with E-state index < -0.39 is 4.92 Å². The number of hydrogen-bond acceptors (Lipinski definition) is 3. The number of nitrogens with zero attached hydrogens (tertiary/aromatic N) is 1. The Hall–Kier alpha value is -2.75. The van der Waals surface area contributed by atoms with Gasteiger partial charge in [0.1, 0.15) is 0 Å². The van der Waals surface area contributed by atoms with Gasteiger partial charge in [-0.1, -0.05) is 49.4 Å². The molecule has 0 bridgehead atoms. The standard InChI is InChI=1S/C17H15NO3/c1-2-14(11-13-7-4-3-5-8-13)17(19)15-9-6-10-16(12-15)18(20)21/h3-12H,2H2,1H3. The number of benzene rings is 2. The molecular formula is C17H15NO3. The van der Waals surface area contributed by atoms with E-state index in [1.54, 1.807) is 6.07 Å². The summed E-state index contributed by atoms with van der Waals surface area (Å²) < 4.78 is 0. The minimum absolute atomic E-state index is 0.0731. The lowest BCUT2D eigenvalue weighted by atomic mass is 9.99. The minimum atomic E-state index is -0.497. The van der Waals surface area contributed by atoms with Gasteiger partial charge in [0.25, 0.3) is 5.69 Å². The van der Waals surface area contributed by atoms with Crippen LogP contribution in [0.2, 0.25) is 0 Å². The monoisotopic (exact) mass is 281 g/mol. The van der Waals surface area contributed by atoms with E-state index in [9.17, 15) is 14.9 Å². The first-order chi connectivity index (χ1) is 10.1. The summed E-state index contributed by atoms with van der Waals surface area (Å²) in [5.74, 6) is -0.176. The van der Waals surface area contributed by atoms with Crippen molar-refractivity contribution in [1.82, 2.24) is 0 Å². The van der Waals surface area contributed by atoms with Gasteiger partial charge in [0, 0.05) is 23.3 Å². The predicted molar refractivity (Wildman–Crippen MR) is 82.1 cm³/mol. The topological polar surface area (TPSA) is 60.2 Å². The summed E-state index contributed by atoms with van der Waals surface area (Å²) in [6, 6.07) is 15.4. The van der Waals surface area contributed by atoms with Crippen LogP contribution in [0.4, 0.5) is 5.69 Å². The van der Waals surface area contributed by atoms with Gasteiger partial charge in [-0.15, -0.1) is 0 Å². The molecule has 0 aliphatic rings. The Labute approximate surface area is 122 Å². The van der Waals surface area contributed by atoms with Crippen LogP contribution < -0.4 is 0 Å². The van der Waals surface area contributed by atoms with Gasteiger partial charge in [-0.3, -0.25) is 14.9 Å². The van der Waals surface area contributed by atoms with E-state index >= 15 is 0 Å². The summed E-state index contributed by atoms with van der Waals surface area (Å²) in [5, 5.41) is 10.8. The Kier molecular flexibility index (Phi) is 4.61. The lowest BCUT2D eigenvalue weighted by Gasteiger charge is -2.04. The molecule has 0 saturated heterocycles. The van der Waals surface area contributed by atoms with Gasteiger partial charge in [0.15, 0.2) is 5.78 Å². The van der Waals surface area contributed by atoms with Crippen LogP contribution in [-0.2, 0) is 0 Å². The number of carbonyl (C=O) groups is 1. The minimum Gasteiger partial charge on any atom is -0.289 e. The van der Waals surface area contributed by atoms with E-state index in [0.29, 0.717) is 17.6 Å². The Morgan fingerprint density at radius 1 is 1.14 bits per heavy atom. The fourth-order valence-corrected chi connectivity index (χ4v) is 2.02. The molecule has 4 heteroatoms. The second kappa shape index (κ2) is 6.61. The van der Waals surface area contributed by atoms with Crippen LogP contribution in [0.3, 0.4) is 0 Å². The van der Waals surface area contributed by atoms with Crippen LogP contribution in [0.25, 0.3) is 6.08 Å². The summed E-state index contributed by atoms with van der Waals surface area (Å²) in [6.07, 6.45) is 2.39. The van der Waals surface area contributed by atoms with E-state index in [1.165, 1.54) is 18.2 Å². The van der Waals surface area contributed by atoms with Crippen LogP contribution in [0.5, 0.6) is 0 Å². The summed E-state index contributed by atoms with van der Waals surface area (Å²) >= 11 is 0. The average Bonchev–Trinajstić information content (AvgIpc) is 2.53. The van der Waals surface area contributed by atoms with Crippen molar-refractivity contribution in [3.63, 3.8) is 0 Å². The SMILES string of the molecule is CCC(=Cc1ccccc1)C(=O)c1cccc([N+](=O)[O-])c1. The van der Waals surface area contributed by atoms with Gasteiger partial charge >= 0.3 is 0 Å². The van der Waals surface area contributed by atoms with E-state index in [4.69, 9.17) is 0 Å². The van der Waals surface area contributed by atoms with Crippen molar-refractivity contribution in [3.8, 4) is 0 Å². The molecule has 0 saturated carbocycles. The summed E-state index contributed by atoms with van der Waals surface area (Å²) in [4.78, 5) is 22.8. The molecule has 2 rings (SSSR count). The van der Waals surface area contributed by atoms with Crippen molar-refractivity contribution in [2.45, 2.75) is 13.3 Å². The second-order valence-electron chi connectivity index (χ2n) is 4.57. The quantitative estimate of drug-likeness (QED) is 0.356. The number of nitro groups is 1. The molecule has 0 N–H and O–H groups in total. The van der Waals surface area contributed by atoms with Crippen LogP contribution in [0.1, 0.15) is 29.3 Å². The van der Waals surface area contributed by atoms with Gasteiger partial charge in [0.05, 0.1) is 4.92 Å². The van der Waals surface area contributed by atoms with E-state index in [-0.39, 0.29) is 11.5 Å². The van der Waals surface area contributed by atoms with Crippen molar-refractivity contribution in [2.75, 3.05) is 0 Å².